The molecule has 0 bridgehead atoms. The molecular formula is C23H19FN18O5. The van der Waals surface area contributed by atoms with E-state index < -0.39 is 51.5 Å². The lowest BCUT2D eigenvalue weighted by atomic mass is 10.2. The Labute approximate surface area is 255 Å². The summed E-state index contributed by atoms with van der Waals surface area (Å²) in [5, 5.41) is 0. The molecule has 7 heterocycles. The first-order valence-corrected chi connectivity index (χ1v) is 13.1. The van der Waals surface area contributed by atoms with Gasteiger partial charge in [-0.3, -0.25) is 24.5 Å². The Kier molecular flexibility index (Phi) is 5.92. The first kappa shape index (κ1) is 28.4. The number of hydrogen-bond acceptors (Lipinski definition) is 17. The molecule has 0 saturated carbocycles. The van der Waals surface area contributed by atoms with E-state index in [0.717, 1.165) is 0 Å². The van der Waals surface area contributed by atoms with Gasteiger partial charge >= 0.3 is 17.1 Å². The van der Waals surface area contributed by atoms with Crippen molar-refractivity contribution in [2.24, 2.45) is 0 Å². The van der Waals surface area contributed by atoms with Gasteiger partial charge in [0.05, 0.1) is 5.69 Å². The number of nitrogens with zero attached hydrogens (tertiary/aromatic N) is 9. The van der Waals surface area contributed by atoms with Gasteiger partial charge in [-0.2, -0.15) is 29.3 Å². The molecule has 23 nitrogen and oxygen atoms in total. The molecular weight excluding hydrogens is 627 g/mol. The van der Waals surface area contributed by atoms with Gasteiger partial charge in [0.25, 0.3) is 11.1 Å². The van der Waals surface area contributed by atoms with Crippen molar-refractivity contribution in [3.05, 3.63) is 69.7 Å². The van der Waals surface area contributed by atoms with Crippen LogP contribution in [0, 0.1) is 12.7 Å². The first-order valence-electron chi connectivity index (χ1n) is 13.1. The molecule has 0 aliphatic carbocycles. The van der Waals surface area contributed by atoms with Gasteiger partial charge in [-0.05, 0) is 6.92 Å². The van der Waals surface area contributed by atoms with Crippen molar-refractivity contribution in [3.63, 3.8) is 0 Å². The molecule has 0 saturated heterocycles. The number of halogens is 1. The number of aromatic nitrogens is 12. The molecule has 7 rings (SSSR count). The van der Waals surface area contributed by atoms with Crippen molar-refractivity contribution < 1.29 is 4.39 Å². The van der Waals surface area contributed by atoms with E-state index in [1.54, 1.807) is 0 Å². The predicted octanol–water partition coefficient (Wildman–Crippen LogP) is -2.87. The minimum Gasteiger partial charge on any atom is -0.383 e. The highest BCUT2D eigenvalue weighted by molar-refractivity contribution is 5.88. The Morgan fingerprint density at radius 1 is 0.787 bits per heavy atom. The Bertz CT molecular complexity index is 2620. The van der Waals surface area contributed by atoms with Crippen molar-refractivity contribution in [3.8, 4) is 17.3 Å². The zero-order chi connectivity index (χ0) is 33.5. The maximum atomic E-state index is 15.6. The summed E-state index contributed by atoms with van der Waals surface area (Å²) < 4.78 is 16.2. The van der Waals surface area contributed by atoms with Crippen LogP contribution in [0.5, 0.6) is 0 Å². The van der Waals surface area contributed by atoms with E-state index in [2.05, 4.69) is 54.8 Å². The lowest BCUT2D eigenvalue weighted by molar-refractivity contribution is 0.601. The molecule has 13 N–H and O–H groups in total. The lowest BCUT2D eigenvalue weighted by Gasteiger charge is -2.20. The summed E-state index contributed by atoms with van der Waals surface area (Å²) >= 11 is 0. The quantitative estimate of drug-likeness (QED) is 0.0929. The van der Waals surface area contributed by atoms with Crippen LogP contribution in [0.4, 0.5) is 50.9 Å². The summed E-state index contributed by atoms with van der Waals surface area (Å²) in [6.45, 7) is 1.10. The maximum Gasteiger partial charge on any atom is 0.348 e. The van der Waals surface area contributed by atoms with Crippen LogP contribution >= 0.6 is 0 Å². The molecule has 0 amide bonds. The number of nitrogens with one attached hydrogen (secondary N) is 5. The van der Waals surface area contributed by atoms with E-state index in [1.807, 2.05) is 0 Å². The zero-order valence-electron chi connectivity index (χ0n) is 23.5. The van der Waals surface area contributed by atoms with Crippen molar-refractivity contribution in [2.45, 2.75) is 6.92 Å². The molecule has 0 fully saturated rings. The van der Waals surface area contributed by atoms with Gasteiger partial charge in [-0.1, -0.05) is 0 Å². The smallest absolute Gasteiger partial charge is 0.348 e. The van der Waals surface area contributed by atoms with E-state index in [9.17, 15) is 24.0 Å². The van der Waals surface area contributed by atoms with Gasteiger partial charge in [-0.15, -0.1) is 0 Å². The summed E-state index contributed by atoms with van der Waals surface area (Å²) in [5.74, 6) is -4.48. The third-order valence-corrected chi connectivity index (χ3v) is 7.12. The van der Waals surface area contributed by atoms with Gasteiger partial charge < -0.3 is 42.8 Å². The second-order valence-corrected chi connectivity index (χ2v) is 9.95. The highest BCUT2D eigenvalue weighted by Gasteiger charge is 2.38. The molecule has 1 aliphatic heterocycles. The van der Waals surface area contributed by atoms with Gasteiger partial charge in [0, 0.05) is 11.8 Å². The number of imidazole rings is 1. The molecule has 238 valence electrons. The van der Waals surface area contributed by atoms with Crippen LogP contribution in [-0.4, -0.2) is 66.1 Å². The number of aromatic amines is 5. The molecule has 47 heavy (non-hydrogen) atoms. The minimum absolute atomic E-state index is 0.0103. The van der Waals surface area contributed by atoms with Crippen molar-refractivity contribution in [1.29, 1.82) is 0 Å². The van der Waals surface area contributed by atoms with E-state index in [1.165, 1.54) is 22.9 Å². The van der Waals surface area contributed by atoms with Gasteiger partial charge in [0.15, 0.2) is 45.9 Å². The van der Waals surface area contributed by atoms with Crippen molar-refractivity contribution >= 4 is 57.7 Å². The topological polar surface area (TPSA) is 357 Å². The Hall–Kier alpha value is -7.40. The Morgan fingerprint density at radius 3 is 2.23 bits per heavy atom. The molecule has 0 aromatic carbocycles. The van der Waals surface area contributed by atoms with E-state index >= 15 is 4.39 Å². The number of hydrogen-bond donors (Lipinski definition) is 9. The summed E-state index contributed by atoms with van der Waals surface area (Å²) in [6, 6.07) is 0. The van der Waals surface area contributed by atoms with Crippen LogP contribution in [0.1, 0.15) is 5.56 Å². The van der Waals surface area contributed by atoms with Gasteiger partial charge in [0.1, 0.15) is 18.2 Å². The number of rotatable bonds is 4. The molecule has 6 aromatic rings. The average molecular weight is 647 g/mol. The Morgan fingerprint density at radius 2 is 1.49 bits per heavy atom. The largest absolute Gasteiger partial charge is 0.383 e. The summed E-state index contributed by atoms with van der Waals surface area (Å²) in [4.78, 5) is 102. The second-order valence-electron chi connectivity index (χ2n) is 9.95. The first-order chi connectivity index (χ1) is 22.3. The standard InChI is InChI=1S/C23H19FN18O5/c1-4-7(31-22(46)32-10(4)25)15-37-16-9(18(44)42(15)14-6(24)12(27)34-23(47)38-14)40(5-2-29-21(45)33-11(5)26)3-41(16)20-30-8-13(36-20)35-19(28)39-17(8)43/h2H,3H2,1H3,(H3,25,31,32,46)(H3,26,29,33,45)(H3,27,34,38,47)(H4,28,30,35,36,39,43). The number of nitrogens with two attached hydrogens (primary N) is 4. The SMILES string of the molecule is Cc1c(N)nc(=O)[nH]c1-c1nc2c(c(=O)n1-c1[nH]c(=O)nc(N)c1F)N(c1c[nH]c(=O)nc1N)CN2c1nc2nc(N)[nH]c(=O)c2[nH]1. The van der Waals surface area contributed by atoms with Crippen LogP contribution in [0.15, 0.2) is 30.2 Å². The Balaban J connectivity index is 1.62. The molecule has 0 unspecified atom stereocenters. The van der Waals surface area contributed by atoms with E-state index in [-0.39, 0.29) is 69.8 Å². The highest BCUT2D eigenvalue weighted by Crippen LogP contribution is 2.42. The highest BCUT2D eigenvalue weighted by atomic mass is 19.1. The van der Waals surface area contributed by atoms with Crippen LogP contribution < -0.4 is 60.9 Å². The molecule has 24 heteroatoms. The second kappa shape index (κ2) is 9.81. The van der Waals surface area contributed by atoms with Crippen LogP contribution in [-0.2, 0) is 0 Å². The van der Waals surface area contributed by atoms with Crippen molar-refractivity contribution in [2.75, 3.05) is 39.4 Å². The molecule has 0 spiro atoms. The average Bonchev–Trinajstić information content (AvgIpc) is 3.59. The maximum absolute atomic E-state index is 15.6. The summed E-state index contributed by atoms with van der Waals surface area (Å²) in [6.07, 6.45) is 1.17. The molecule has 0 atom stereocenters. The number of fused-ring (bicyclic) bond motifs is 2. The summed E-state index contributed by atoms with van der Waals surface area (Å²) in [5.41, 5.74) is 18.2. The number of H-pyrrole nitrogens is 5. The summed E-state index contributed by atoms with van der Waals surface area (Å²) in [7, 11) is 0. The van der Waals surface area contributed by atoms with Gasteiger partial charge in [0.2, 0.25) is 17.7 Å². The van der Waals surface area contributed by atoms with Crippen LogP contribution in [0.2, 0.25) is 0 Å². The van der Waals surface area contributed by atoms with E-state index in [0.29, 0.717) is 4.57 Å². The normalized spacial score (nSPS) is 12.6. The third kappa shape index (κ3) is 4.30. The minimum atomic E-state index is -1.32. The van der Waals surface area contributed by atoms with Crippen LogP contribution in [0.3, 0.4) is 0 Å². The van der Waals surface area contributed by atoms with E-state index in [4.69, 9.17) is 22.9 Å². The zero-order valence-corrected chi connectivity index (χ0v) is 23.5. The fraction of sp³-hybridized carbons (Fsp3) is 0.0870. The van der Waals surface area contributed by atoms with Crippen molar-refractivity contribution in [1.82, 2.24) is 59.4 Å². The monoisotopic (exact) mass is 646 g/mol. The molecule has 1 aliphatic rings. The fourth-order valence-electron chi connectivity index (χ4n) is 4.99. The van der Waals surface area contributed by atoms with Crippen LogP contribution in [0.25, 0.3) is 28.5 Å². The molecule has 0 radical (unpaired) electrons. The third-order valence-electron chi connectivity index (χ3n) is 7.12. The predicted molar refractivity (Wildman–Crippen MR) is 163 cm³/mol. The number of anilines is 8. The number of nitrogen functional groups attached to an aromatic ring is 4. The lowest BCUT2D eigenvalue weighted by Crippen LogP contribution is -2.32. The molecule has 6 aromatic heterocycles. The fourth-order valence-corrected chi connectivity index (χ4v) is 4.99. The van der Waals surface area contributed by atoms with Gasteiger partial charge in [-0.25, -0.2) is 23.9 Å².